The van der Waals surface area contributed by atoms with E-state index in [2.05, 4.69) is 0 Å². The van der Waals surface area contributed by atoms with Crippen molar-refractivity contribution in [2.75, 3.05) is 6.79 Å². The van der Waals surface area contributed by atoms with E-state index >= 15 is 0 Å². The highest BCUT2D eigenvalue weighted by Crippen LogP contribution is 2.29. The van der Waals surface area contributed by atoms with Gasteiger partial charge in [0.25, 0.3) is 0 Å². The van der Waals surface area contributed by atoms with Crippen LogP contribution in [0.4, 0.5) is 4.79 Å². The summed E-state index contributed by atoms with van der Waals surface area (Å²) < 4.78 is 16.2. The maximum atomic E-state index is 11.9. The second kappa shape index (κ2) is 6.47. The molecule has 6 heteroatoms. The second-order valence-corrected chi connectivity index (χ2v) is 7.83. The molecule has 1 heterocycles. The molecule has 1 fully saturated rings. The predicted octanol–water partition coefficient (Wildman–Crippen LogP) is 2.48. The third-order valence-electron chi connectivity index (χ3n) is 3.10. The van der Waals surface area contributed by atoms with Crippen LogP contribution in [0.3, 0.4) is 0 Å². The Morgan fingerprint density at radius 2 is 1.90 bits per heavy atom. The topological polar surface area (TPSA) is 65.0 Å². The van der Waals surface area contributed by atoms with E-state index in [1.54, 1.807) is 12.2 Å². The van der Waals surface area contributed by atoms with Gasteiger partial charge in [0.1, 0.15) is 12.9 Å². The molecule has 0 spiro atoms. The molecule has 2 aliphatic rings. The Balaban J connectivity index is 1.97. The quantitative estimate of drug-likeness (QED) is 0.593. The largest absolute Gasteiger partial charge is 0.450 e. The van der Waals surface area contributed by atoms with Gasteiger partial charge < -0.3 is 19.3 Å². The molecule has 0 bridgehead atoms. The Labute approximate surface area is 123 Å². The molecule has 4 atom stereocenters. The summed E-state index contributed by atoms with van der Waals surface area (Å²) in [6, 6.07) is 0. The predicted molar refractivity (Wildman–Crippen MR) is 76.6 cm³/mol. The first-order valence-corrected chi connectivity index (χ1v) is 7.64. The molecular formula is C14H22O5S. The molecule has 1 N–H and O–H groups in total. The van der Waals surface area contributed by atoms with Crippen LogP contribution in [0.1, 0.15) is 33.6 Å². The van der Waals surface area contributed by atoms with Crippen molar-refractivity contribution in [3.8, 4) is 0 Å². The van der Waals surface area contributed by atoms with Crippen LogP contribution in [0.15, 0.2) is 12.2 Å². The lowest BCUT2D eigenvalue weighted by molar-refractivity contribution is 0.0286. The van der Waals surface area contributed by atoms with E-state index in [1.807, 2.05) is 20.8 Å². The van der Waals surface area contributed by atoms with Crippen LogP contribution in [0.2, 0.25) is 0 Å². The van der Waals surface area contributed by atoms with Crippen molar-refractivity contribution >= 4 is 17.1 Å². The zero-order valence-electron chi connectivity index (χ0n) is 12.1. The molecule has 114 valence electrons. The molecule has 1 saturated heterocycles. The van der Waals surface area contributed by atoms with E-state index in [0.29, 0.717) is 12.8 Å². The minimum atomic E-state index is -0.596. The van der Waals surface area contributed by atoms with Crippen LogP contribution in [0.5, 0.6) is 0 Å². The van der Waals surface area contributed by atoms with Crippen molar-refractivity contribution in [3.63, 3.8) is 0 Å². The van der Waals surface area contributed by atoms with Gasteiger partial charge in [0, 0.05) is 17.6 Å². The van der Waals surface area contributed by atoms with Gasteiger partial charge in [-0.1, -0.05) is 26.8 Å². The van der Waals surface area contributed by atoms with E-state index in [9.17, 15) is 9.90 Å². The van der Waals surface area contributed by atoms with Crippen LogP contribution in [0, 0.1) is 0 Å². The van der Waals surface area contributed by atoms with Gasteiger partial charge >= 0.3 is 5.30 Å². The number of aliphatic hydroxyl groups is 1. The van der Waals surface area contributed by atoms with Crippen LogP contribution in [-0.4, -0.2) is 46.4 Å². The summed E-state index contributed by atoms with van der Waals surface area (Å²) in [5.74, 6) is 0. The van der Waals surface area contributed by atoms with Crippen LogP contribution in [-0.2, 0) is 14.2 Å². The number of rotatable bonds is 1. The number of thioether (sulfide) groups is 1. The van der Waals surface area contributed by atoms with Crippen molar-refractivity contribution in [1.82, 2.24) is 0 Å². The van der Waals surface area contributed by atoms with Gasteiger partial charge in [-0.25, -0.2) is 4.79 Å². The van der Waals surface area contributed by atoms with Gasteiger partial charge in [0.15, 0.2) is 0 Å². The fraction of sp³-hybridized carbons (Fsp3) is 0.786. The number of hydrogen-bond donors (Lipinski definition) is 1. The molecule has 0 saturated carbocycles. The van der Waals surface area contributed by atoms with E-state index < -0.39 is 6.10 Å². The first-order chi connectivity index (χ1) is 9.33. The van der Waals surface area contributed by atoms with Gasteiger partial charge in [-0.3, -0.25) is 0 Å². The smallest absolute Gasteiger partial charge is 0.368 e. The second-order valence-electron chi connectivity index (χ2n) is 6.07. The summed E-state index contributed by atoms with van der Waals surface area (Å²) >= 11 is 1.16. The summed E-state index contributed by atoms with van der Waals surface area (Å²) in [5.41, 5.74) is 0. The van der Waals surface area contributed by atoms with E-state index in [-0.39, 0.29) is 35.2 Å². The van der Waals surface area contributed by atoms with Crippen LogP contribution >= 0.6 is 11.8 Å². The normalized spacial score (nSPS) is 35.8. The number of fused-ring (bicyclic) bond motifs is 1. The zero-order chi connectivity index (χ0) is 14.8. The molecule has 0 radical (unpaired) electrons. The summed E-state index contributed by atoms with van der Waals surface area (Å²) in [4.78, 5) is 11.9. The standard InChI is InChI=1S/C14H22O5S/c1-14(2,3)20-13(16)19-10-5-4-9(15)6-11-12(7-10)18-8-17-11/h4-5,9-12,15H,6-8H2,1-3H3/b5-4+. The number of carbonyl (C=O) groups excluding carboxylic acids is 1. The minimum Gasteiger partial charge on any atom is -0.450 e. The van der Waals surface area contributed by atoms with Crippen molar-refractivity contribution < 1.29 is 24.1 Å². The summed E-state index contributed by atoms with van der Waals surface area (Å²) in [7, 11) is 0. The Morgan fingerprint density at radius 3 is 2.55 bits per heavy atom. The number of hydrogen-bond acceptors (Lipinski definition) is 6. The molecule has 0 amide bonds. The third kappa shape index (κ3) is 4.77. The average molecular weight is 302 g/mol. The van der Waals surface area contributed by atoms with Gasteiger partial charge in [-0.05, 0) is 17.8 Å². The summed E-state index contributed by atoms with van der Waals surface area (Å²) in [6.07, 6.45) is 3.23. The molecule has 4 unspecified atom stereocenters. The van der Waals surface area contributed by atoms with Crippen molar-refractivity contribution in [3.05, 3.63) is 12.2 Å². The van der Waals surface area contributed by atoms with Crippen molar-refractivity contribution in [1.29, 1.82) is 0 Å². The highest BCUT2D eigenvalue weighted by atomic mass is 32.2. The average Bonchev–Trinajstić information content (AvgIpc) is 2.68. The maximum Gasteiger partial charge on any atom is 0.368 e. The minimum absolute atomic E-state index is 0.132. The van der Waals surface area contributed by atoms with Crippen LogP contribution in [0.25, 0.3) is 0 Å². The lowest BCUT2D eigenvalue weighted by Gasteiger charge is -2.25. The molecule has 0 aromatic carbocycles. The molecule has 0 aromatic heterocycles. The third-order valence-corrected chi connectivity index (χ3v) is 3.98. The van der Waals surface area contributed by atoms with Gasteiger partial charge in [0.05, 0.1) is 18.3 Å². The molecule has 20 heavy (non-hydrogen) atoms. The molecule has 2 rings (SSSR count). The molecule has 0 aromatic rings. The lowest BCUT2D eigenvalue weighted by atomic mass is 9.97. The number of carbonyl (C=O) groups is 1. The van der Waals surface area contributed by atoms with Crippen LogP contribution < -0.4 is 0 Å². The zero-order valence-corrected chi connectivity index (χ0v) is 12.9. The highest BCUT2D eigenvalue weighted by molar-refractivity contribution is 8.14. The Hall–Kier alpha value is -0.560. The van der Waals surface area contributed by atoms with E-state index in [4.69, 9.17) is 14.2 Å². The molecular weight excluding hydrogens is 280 g/mol. The fourth-order valence-electron chi connectivity index (χ4n) is 2.23. The Bertz CT molecular complexity index is 376. The van der Waals surface area contributed by atoms with Crippen molar-refractivity contribution in [2.24, 2.45) is 0 Å². The fourth-order valence-corrected chi connectivity index (χ4v) is 2.90. The molecule has 1 aliphatic carbocycles. The maximum absolute atomic E-state index is 11.9. The van der Waals surface area contributed by atoms with Gasteiger partial charge in [-0.2, -0.15) is 0 Å². The monoisotopic (exact) mass is 302 g/mol. The molecule has 1 aliphatic heterocycles. The number of ether oxygens (including phenoxy) is 3. The SMILES string of the molecule is CC(C)(C)SC(=O)OC1/C=C/C(O)CC2OCOC2C1. The Morgan fingerprint density at radius 1 is 1.25 bits per heavy atom. The highest BCUT2D eigenvalue weighted by Gasteiger charge is 2.35. The summed E-state index contributed by atoms with van der Waals surface area (Å²) in [6.45, 7) is 6.11. The van der Waals surface area contributed by atoms with Crippen molar-refractivity contribution in [2.45, 2.75) is 62.8 Å². The van der Waals surface area contributed by atoms with E-state index in [1.165, 1.54) is 0 Å². The first kappa shape index (κ1) is 15.8. The van der Waals surface area contributed by atoms with E-state index in [0.717, 1.165) is 11.8 Å². The first-order valence-electron chi connectivity index (χ1n) is 6.83. The Kier molecular flexibility index (Phi) is 5.12. The molecule has 5 nitrogen and oxygen atoms in total. The summed E-state index contributed by atoms with van der Waals surface area (Å²) in [5, 5.41) is 9.52. The lowest BCUT2D eigenvalue weighted by Crippen LogP contribution is -2.33. The van der Waals surface area contributed by atoms with Gasteiger partial charge in [0.2, 0.25) is 0 Å². The number of aliphatic hydroxyl groups excluding tert-OH is 1. The van der Waals surface area contributed by atoms with Gasteiger partial charge in [-0.15, -0.1) is 0 Å².